The van der Waals surface area contributed by atoms with E-state index in [2.05, 4.69) is 0 Å². The van der Waals surface area contributed by atoms with Crippen molar-refractivity contribution in [1.82, 2.24) is 4.90 Å². The third-order valence-electron chi connectivity index (χ3n) is 3.66. The maximum absolute atomic E-state index is 11.9. The number of para-hydroxylation sites is 1. The van der Waals surface area contributed by atoms with Crippen LogP contribution in [0.25, 0.3) is 0 Å². The van der Waals surface area contributed by atoms with Crippen LogP contribution in [0, 0.1) is 0 Å². The average molecular weight is 283 g/mol. The number of carbonyl (C=O) groups is 1. The quantitative estimate of drug-likeness (QED) is 0.913. The van der Waals surface area contributed by atoms with Gasteiger partial charge in [-0.3, -0.25) is 4.79 Å². The predicted molar refractivity (Wildman–Crippen MR) is 84.3 cm³/mol. The van der Waals surface area contributed by atoms with Crippen molar-refractivity contribution in [3.8, 4) is 5.75 Å². The number of hydrogen-bond donors (Lipinski definition) is 1. The Morgan fingerprint density at radius 2 is 1.67 bits per heavy atom. The van der Waals surface area contributed by atoms with Gasteiger partial charge in [-0.05, 0) is 18.1 Å². The van der Waals surface area contributed by atoms with Crippen molar-refractivity contribution in [1.29, 1.82) is 0 Å². The predicted octanol–water partition coefficient (Wildman–Crippen LogP) is 3.39. The molecule has 1 N–H and O–H groups in total. The van der Waals surface area contributed by atoms with Crippen LogP contribution in [-0.2, 0) is 4.79 Å². The number of aromatic hydroxyl groups is 1. The summed E-state index contributed by atoms with van der Waals surface area (Å²) in [5.74, 6) is 0.409. The molecule has 21 heavy (non-hydrogen) atoms. The van der Waals surface area contributed by atoms with E-state index in [1.807, 2.05) is 48.5 Å². The van der Waals surface area contributed by atoms with Crippen LogP contribution in [0.15, 0.2) is 54.6 Å². The molecule has 2 rings (SSSR count). The van der Waals surface area contributed by atoms with Crippen LogP contribution in [0.1, 0.15) is 29.9 Å². The van der Waals surface area contributed by atoms with Crippen LogP contribution in [-0.4, -0.2) is 30.0 Å². The zero-order chi connectivity index (χ0) is 15.2. The molecule has 0 radical (unpaired) electrons. The first-order valence-electron chi connectivity index (χ1n) is 7.12. The number of phenolic OH excluding ortho intramolecular Hbond substituents is 1. The van der Waals surface area contributed by atoms with Crippen molar-refractivity contribution < 1.29 is 9.90 Å². The standard InChI is InChI=1S/C18H21NO2/c1-19(2)18(21)13-12-15(14-8-4-3-5-9-14)16-10-6-7-11-17(16)20/h3-11,15,20H,12-13H2,1-2H3. The van der Waals surface area contributed by atoms with E-state index < -0.39 is 0 Å². The highest BCUT2D eigenvalue weighted by Crippen LogP contribution is 2.34. The molecule has 110 valence electrons. The summed E-state index contributed by atoms with van der Waals surface area (Å²) in [6.07, 6.45) is 1.14. The molecule has 0 aliphatic heterocycles. The Labute approximate surface area is 125 Å². The first kappa shape index (κ1) is 15.1. The lowest BCUT2D eigenvalue weighted by molar-refractivity contribution is -0.128. The van der Waals surface area contributed by atoms with Crippen molar-refractivity contribution in [2.45, 2.75) is 18.8 Å². The van der Waals surface area contributed by atoms with Gasteiger partial charge in [0.25, 0.3) is 0 Å². The van der Waals surface area contributed by atoms with Crippen LogP contribution in [0.3, 0.4) is 0 Å². The smallest absolute Gasteiger partial charge is 0.222 e. The molecule has 1 amide bonds. The number of nitrogens with zero attached hydrogens (tertiary/aromatic N) is 1. The molecule has 0 heterocycles. The Hall–Kier alpha value is -2.29. The highest BCUT2D eigenvalue weighted by atomic mass is 16.3. The van der Waals surface area contributed by atoms with Gasteiger partial charge in [-0.1, -0.05) is 48.5 Å². The van der Waals surface area contributed by atoms with Gasteiger partial charge in [-0.2, -0.15) is 0 Å². The Morgan fingerprint density at radius 3 is 2.29 bits per heavy atom. The van der Waals surface area contributed by atoms with Gasteiger partial charge in [0, 0.05) is 32.0 Å². The second-order valence-electron chi connectivity index (χ2n) is 5.35. The van der Waals surface area contributed by atoms with Gasteiger partial charge in [-0.25, -0.2) is 0 Å². The van der Waals surface area contributed by atoms with Gasteiger partial charge in [0.2, 0.25) is 5.91 Å². The van der Waals surface area contributed by atoms with Gasteiger partial charge >= 0.3 is 0 Å². The molecule has 0 aliphatic rings. The first-order valence-corrected chi connectivity index (χ1v) is 7.12. The summed E-state index contributed by atoms with van der Waals surface area (Å²) in [6.45, 7) is 0. The van der Waals surface area contributed by atoms with Crippen LogP contribution in [0.5, 0.6) is 5.75 Å². The highest BCUT2D eigenvalue weighted by molar-refractivity contribution is 5.75. The van der Waals surface area contributed by atoms with E-state index in [0.29, 0.717) is 12.8 Å². The zero-order valence-electron chi connectivity index (χ0n) is 12.5. The van der Waals surface area contributed by atoms with E-state index in [0.717, 1.165) is 11.1 Å². The normalized spacial score (nSPS) is 11.9. The van der Waals surface area contributed by atoms with Crippen molar-refractivity contribution in [2.75, 3.05) is 14.1 Å². The second-order valence-corrected chi connectivity index (χ2v) is 5.35. The van der Waals surface area contributed by atoms with Crippen LogP contribution in [0.2, 0.25) is 0 Å². The summed E-state index contributed by atoms with van der Waals surface area (Å²) in [4.78, 5) is 13.5. The maximum Gasteiger partial charge on any atom is 0.222 e. The lowest BCUT2D eigenvalue weighted by atomic mass is 9.87. The first-order chi connectivity index (χ1) is 10.1. The fourth-order valence-electron chi connectivity index (χ4n) is 2.46. The van der Waals surface area contributed by atoms with Crippen molar-refractivity contribution >= 4 is 5.91 Å². The minimum absolute atomic E-state index is 0.0244. The molecule has 0 saturated heterocycles. The second kappa shape index (κ2) is 6.93. The lowest BCUT2D eigenvalue weighted by Gasteiger charge is -2.20. The number of phenols is 1. The summed E-state index contributed by atoms with van der Waals surface area (Å²) in [7, 11) is 3.53. The molecule has 2 aromatic rings. The molecule has 3 heteroatoms. The van der Waals surface area contributed by atoms with E-state index in [4.69, 9.17) is 0 Å². The van der Waals surface area contributed by atoms with Gasteiger partial charge < -0.3 is 10.0 Å². The molecule has 3 nitrogen and oxygen atoms in total. The molecular formula is C18H21NO2. The van der Waals surface area contributed by atoms with E-state index >= 15 is 0 Å². The van der Waals surface area contributed by atoms with Crippen molar-refractivity contribution in [3.05, 3.63) is 65.7 Å². The Kier molecular flexibility index (Phi) is 4.99. The third kappa shape index (κ3) is 3.85. The Morgan fingerprint density at radius 1 is 1.05 bits per heavy atom. The SMILES string of the molecule is CN(C)C(=O)CCC(c1ccccc1)c1ccccc1O. The van der Waals surface area contributed by atoms with Gasteiger partial charge in [-0.15, -0.1) is 0 Å². The number of amides is 1. The molecule has 0 aromatic heterocycles. The van der Waals surface area contributed by atoms with E-state index in [-0.39, 0.29) is 17.6 Å². The minimum atomic E-state index is 0.0244. The Balaban J connectivity index is 2.28. The van der Waals surface area contributed by atoms with E-state index in [1.54, 1.807) is 25.1 Å². The molecule has 0 aliphatic carbocycles. The average Bonchev–Trinajstić information content (AvgIpc) is 2.50. The molecule has 0 bridgehead atoms. The molecular weight excluding hydrogens is 262 g/mol. The molecule has 0 saturated carbocycles. The summed E-state index contributed by atoms with van der Waals surface area (Å²) in [6, 6.07) is 17.4. The number of carbonyl (C=O) groups excluding carboxylic acids is 1. The van der Waals surface area contributed by atoms with Crippen molar-refractivity contribution in [3.63, 3.8) is 0 Å². The van der Waals surface area contributed by atoms with E-state index in [9.17, 15) is 9.90 Å². The van der Waals surface area contributed by atoms with Crippen LogP contribution < -0.4 is 0 Å². The molecule has 0 fully saturated rings. The topological polar surface area (TPSA) is 40.5 Å². The summed E-state index contributed by atoms with van der Waals surface area (Å²) in [5.41, 5.74) is 1.99. The largest absolute Gasteiger partial charge is 0.508 e. The maximum atomic E-state index is 11.9. The van der Waals surface area contributed by atoms with Crippen molar-refractivity contribution in [2.24, 2.45) is 0 Å². The zero-order valence-corrected chi connectivity index (χ0v) is 12.5. The summed E-state index contributed by atoms with van der Waals surface area (Å²) in [5, 5.41) is 10.1. The third-order valence-corrected chi connectivity index (χ3v) is 3.66. The highest BCUT2D eigenvalue weighted by Gasteiger charge is 2.19. The van der Waals surface area contributed by atoms with Crippen LogP contribution in [0.4, 0.5) is 0 Å². The van der Waals surface area contributed by atoms with Gasteiger partial charge in [0.1, 0.15) is 5.75 Å². The minimum Gasteiger partial charge on any atom is -0.508 e. The number of rotatable bonds is 5. The number of hydrogen-bond acceptors (Lipinski definition) is 2. The Bertz CT molecular complexity index is 593. The summed E-state index contributed by atoms with van der Waals surface area (Å²) >= 11 is 0. The fourth-order valence-corrected chi connectivity index (χ4v) is 2.46. The fraction of sp³-hybridized carbons (Fsp3) is 0.278. The lowest BCUT2D eigenvalue weighted by Crippen LogP contribution is -2.22. The van der Waals surface area contributed by atoms with Crippen LogP contribution >= 0.6 is 0 Å². The monoisotopic (exact) mass is 283 g/mol. The molecule has 1 atom stereocenters. The molecule has 2 aromatic carbocycles. The van der Waals surface area contributed by atoms with Gasteiger partial charge in [0.05, 0.1) is 0 Å². The number of benzene rings is 2. The van der Waals surface area contributed by atoms with Gasteiger partial charge in [0.15, 0.2) is 0 Å². The summed E-state index contributed by atoms with van der Waals surface area (Å²) < 4.78 is 0. The van der Waals surface area contributed by atoms with E-state index in [1.165, 1.54) is 0 Å². The molecule has 1 unspecified atom stereocenters. The molecule has 0 spiro atoms.